The zero-order chi connectivity index (χ0) is 16.3. The van der Waals surface area contributed by atoms with Crippen LogP contribution in [0, 0.1) is 5.92 Å². The molecule has 0 saturated carbocycles. The molecule has 0 bridgehead atoms. The van der Waals surface area contributed by atoms with Gasteiger partial charge in [0.25, 0.3) is 0 Å². The van der Waals surface area contributed by atoms with Gasteiger partial charge in [0, 0.05) is 12.0 Å². The Morgan fingerprint density at radius 2 is 2.14 bits per heavy atom. The Kier molecular flexibility index (Phi) is 5.15. The Labute approximate surface area is 131 Å². The number of carbonyl (C=O) groups excluding carboxylic acids is 2. The van der Waals surface area contributed by atoms with Crippen LogP contribution >= 0.6 is 11.3 Å². The van der Waals surface area contributed by atoms with E-state index in [0.29, 0.717) is 0 Å². The highest BCUT2D eigenvalue weighted by molar-refractivity contribution is 7.10. The number of likely N-dealkylation sites (tertiary alicyclic amines) is 1. The summed E-state index contributed by atoms with van der Waals surface area (Å²) in [7, 11) is 2.62. The molecule has 1 aliphatic heterocycles. The molecule has 0 aliphatic carbocycles. The minimum absolute atomic E-state index is 0.0278. The number of aliphatic carboxylic acids is 1. The van der Waals surface area contributed by atoms with E-state index in [2.05, 4.69) is 0 Å². The van der Waals surface area contributed by atoms with Crippen molar-refractivity contribution in [3.63, 3.8) is 0 Å². The predicted octanol–water partition coefficient (Wildman–Crippen LogP) is 0.910. The van der Waals surface area contributed by atoms with Gasteiger partial charge in [0.05, 0.1) is 19.1 Å². The molecule has 1 aromatic rings. The molecule has 1 fully saturated rings. The van der Waals surface area contributed by atoms with E-state index in [1.807, 2.05) is 5.38 Å². The van der Waals surface area contributed by atoms with Gasteiger partial charge in [0.1, 0.15) is 12.6 Å². The van der Waals surface area contributed by atoms with Crippen LogP contribution in [0.1, 0.15) is 17.3 Å². The van der Waals surface area contributed by atoms with E-state index in [1.54, 1.807) is 12.1 Å². The van der Waals surface area contributed by atoms with Crippen molar-refractivity contribution in [3.8, 4) is 0 Å². The van der Waals surface area contributed by atoms with Crippen LogP contribution in [-0.2, 0) is 23.9 Å². The summed E-state index contributed by atoms with van der Waals surface area (Å²) in [6.45, 7) is -0.237. The first kappa shape index (κ1) is 16.4. The summed E-state index contributed by atoms with van der Waals surface area (Å²) in [6.07, 6.45) is 0.0278. The number of rotatable bonds is 5. The van der Waals surface area contributed by atoms with Crippen LogP contribution < -0.4 is 0 Å². The summed E-state index contributed by atoms with van der Waals surface area (Å²) in [6, 6.07) is 1.86. The zero-order valence-electron chi connectivity index (χ0n) is 12.2. The van der Waals surface area contributed by atoms with Gasteiger partial charge in [-0.25, -0.2) is 4.79 Å². The number of carboxylic acid groups (broad SMARTS) is 1. The van der Waals surface area contributed by atoms with Gasteiger partial charge in [-0.15, -0.1) is 11.3 Å². The van der Waals surface area contributed by atoms with Crippen molar-refractivity contribution < 1.29 is 29.0 Å². The lowest BCUT2D eigenvalue weighted by molar-refractivity contribution is -0.152. The molecule has 1 aliphatic rings. The molecular formula is C14H17NO6S. The number of carboxylic acids is 1. The summed E-state index contributed by atoms with van der Waals surface area (Å²) in [5, 5.41) is 11.2. The molecule has 2 rings (SSSR count). The minimum Gasteiger partial charge on any atom is -0.480 e. The lowest BCUT2D eigenvalue weighted by Crippen LogP contribution is -2.43. The van der Waals surface area contributed by atoms with Gasteiger partial charge in [0.2, 0.25) is 5.91 Å². The Morgan fingerprint density at radius 3 is 2.64 bits per heavy atom. The standard InChI is InChI=1S/C14H17NO6S/c1-20-7-11(16)15-9(13(17)18)6-8(14(19)21-2)12(15)10-4-3-5-22-10/h3-5,8-9,12H,6-7H2,1-2H3,(H,17,18). The summed E-state index contributed by atoms with van der Waals surface area (Å²) in [5.74, 6) is -2.82. The second-order valence-corrected chi connectivity index (χ2v) is 5.89. The third-order valence-electron chi connectivity index (χ3n) is 3.67. The first-order chi connectivity index (χ1) is 10.5. The normalized spacial score (nSPS) is 24.3. The number of nitrogens with zero attached hydrogens (tertiary/aromatic N) is 1. The molecule has 1 aromatic heterocycles. The minimum atomic E-state index is -1.14. The average Bonchev–Trinajstić information content (AvgIpc) is 3.13. The fourth-order valence-corrected chi connectivity index (χ4v) is 3.68. The SMILES string of the molecule is COCC(=O)N1C(C(=O)O)CC(C(=O)OC)C1c1cccs1. The maximum Gasteiger partial charge on any atom is 0.326 e. The molecule has 120 valence electrons. The van der Waals surface area contributed by atoms with Gasteiger partial charge in [-0.3, -0.25) is 9.59 Å². The fraction of sp³-hybridized carbons (Fsp3) is 0.500. The van der Waals surface area contributed by atoms with Gasteiger partial charge in [-0.2, -0.15) is 0 Å². The molecule has 7 nitrogen and oxygen atoms in total. The number of amides is 1. The molecule has 1 amide bonds. The highest BCUT2D eigenvalue weighted by atomic mass is 32.1. The molecule has 0 aromatic carbocycles. The number of thiophene rings is 1. The third-order valence-corrected chi connectivity index (χ3v) is 4.62. The fourth-order valence-electron chi connectivity index (χ4n) is 2.79. The molecule has 8 heteroatoms. The van der Waals surface area contributed by atoms with Crippen LogP contribution in [0.5, 0.6) is 0 Å². The average molecular weight is 327 g/mol. The quantitative estimate of drug-likeness (QED) is 0.808. The van der Waals surface area contributed by atoms with E-state index in [0.717, 1.165) is 4.88 Å². The van der Waals surface area contributed by atoms with E-state index >= 15 is 0 Å². The van der Waals surface area contributed by atoms with Crippen LogP contribution in [0.2, 0.25) is 0 Å². The summed E-state index contributed by atoms with van der Waals surface area (Å²) >= 11 is 1.37. The van der Waals surface area contributed by atoms with Gasteiger partial charge in [0.15, 0.2) is 0 Å². The van der Waals surface area contributed by atoms with Crippen LogP contribution in [0.4, 0.5) is 0 Å². The van der Waals surface area contributed by atoms with Crippen LogP contribution in [0.25, 0.3) is 0 Å². The molecular weight excluding hydrogens is 310 g/mol. The topological polar surface area (TPSA) is 93.1 Å². The Bertz CT molecular complexity index is 558. The molecule has 1 N–H and O–H groups in total. The first-order valence-electron chi connectivity index (χ1n) is 6.65. The molecule has 0 radical (unpaired) electrons. The highest BCUT2D eigenvalue weighted by Crippen LogP contribution is 2.43. The smallest absolute Gasteiger partial charge is 0.326 e. The third kappa shape index (κ3) is 2.97. The zero-order valence-corrected chi connectivity index (χ0v) is 13.0. The summed E-state index contributed by atoms with van der Waals surface area (Å²) in [5.41, 5.74) is 0. The molecule has 3 atom stereocenters. The number of hydrogen-bond acceptors (Lipinski definition) is 6. The molecule has 3 unspecified atom stereocenters. The summed E-state index contributed by atoms with van der Waals surface area (Å²) < 4.78 is 9.62. The van der Waals surface area contributed by atoms with Crippen LogP contribution in [-0.4, -0.2) is 54.7 Å². The maximum absolute atomic E-state index is 12.3. The van der Waals surface area contributed by atoms with E-state index in [4.69, 9.17) is 9.47 Å². The lowest BCUT2D eigenvalue weighted by atomic mass is 9.98. The van der Waals surface area contributed by atoms with Crippen molar-refractivity contribution >= 4 is 29.2 Å². The van der Waals surface area contributed by atoms with Crippen LogP contribution in [0.15, 0.2) is 17.5 Å². The number of hydrogen-bond donors (Lipinski definition) is 1. The van der Waals surface area contributed by atoms with E-state index < -0.39 is 35.8 Å². The van der Waals surface area contributed by atoms with E-state index in [1.165, 1.54) is 30.5 Å². The molecule has 22 heavy (non-hydrogen) atoms. The number of esters is 1. The van der Waals surface area contributed by atoms with Crippen molar-refractivity contribution in [1.82, 2.24) is 4.90 Å². The van der Waals surface area contributed by atoms with E-state index in [9.17, 15) is 19.5 Å². The molecule has 1 saturated heterocycles. The van der Waals surface area contributed by atoms with Gasteiger partial charge >= 0.3 is 11.9 Å². The first-order valence-corrected chi connectivity index (χ1v) is 7.53. The van der Waals surface area contributed by atoms with Crippen molar-refractivity contribution in [1.29, 1.82) is 0 Å². The van der Waals surface area contributed by atoms with Crippen molar-refractivity contribution in [2.75, 3.05) is 20.8 Å². The second-order valence-electron chi connectivity index (χ2n) is 4.91. The summed E-state index contributed by atoms with van der Waals surface area (Å²) in [4.78, 5) is 37.8. The van der Waals surface area contributed by atoms with Gasteiger partial charge < -0.3 is 19.5 Å². The number of ether oxygens (including phenoxy) is 2. The largest absolute Gasteiger partial charge is 0.480 e. The van der Waals surface area contributed by atoms with Crippen molar-refractivity contribution in [3.05, 3.63) is 22.4 Å². The van der Waals surface area contributed by atoms with Crippen molar-refractivity contribution in [2.24, 2.45) is 5.92 Å². The van der Waals surface area contributed by atoms with Gasteiger partial charge in [-0.05, 0) is 17.9 Å². The predicted molar refractivity (Wildman–Crippen MR) is 77.3 cm³/mol. The van der Waals surface area contributed by atoms with E-state index in [-0.39, 0.29) is 13.0 Å². The highest BCUT2D eigenvalue weighted by Gasteiger charge is 2.51. The number of carbonyl (C=O) groups is 3. The lowest BCUT2D eigenvalue weighted by Gasteiger charge is -2.28. The Balaban J connectivity index is 2.44. The Hall–Kier alpha value is -1.93. The molecule has 0 spiro atoms. The van der Waals surface area contributed by atoms with Gasteiger partial charge in [-0.1, -0.05) is 6.07 Å². The Morgan fingerprint density at radius 1 is 1.41 bits per heavy atom. The second kappa shape index (κ2) is 6.89. The van der Waals surface area contributed by atoms with Crippen LogP contribution in [0.3, 0.4) is 0 Å². The molecule has 2 heterocycles. The monoisotopic (exact) mass is 327 g/mol. The number of methoxy groups -OCH3 is 2. The maximum atomic E-state index is 12.3. The van der Waals surface area contributed by atoms with Crippen molar-refractivity contribution in [2.45, 2.75) is 18.5 Å².